The number of nitrogens with one attached hydrogen (secondary N) is 1. The highest BCUT2D eigenvalue weighted by Crippen LogP contribution is 2.19. The van der Waals surface area contributed by atoms with Gasteiger partial charge in [0.15, 0.2) is 0 Å². The molecule has 2 rings (SSSR count). The molecule has 7 heteroatoms. The molecule has 2 unspecified atom stereocenters. The lowest BCUT2D eigenvalue weighted by atomic mass is 10.1. The fourth-order valence-corrected chi connectivity index (χ4v) is 2.37. The first kappa shape index (κ1) is 13.1. The van der Waals surface area contributed by atoms with E-state index in [1.165, 1.54) is 4.90 Å². The number of urea groups is 1. The number of likely N-dealkylation sites (tertiary alicyclic amines) is 1. The number of hydrogen-bond acceptors (Lipinski definition) is 4. The molecule has 2 amide bonds. The third-order valence-corrected chi connectivity index (χ3v) is 3.37. The van der Waals surface area contributed by atoms with E-state index in [1.807, 2.05) is 0 Å². The van der Waals surface area contributed by atoms with Crippen LogP contribution in [0.2, 0.25) is 0 Å². The van der Waals surface area contributed by atoms with Gasteiger partial charge in [-0.25, -0.2) is 9.59 Å². The van der Waals surface area contributed by atoms with Crippen molar-refractivity contribution in [1.29, 1.82) is 0 Å². The molecule has 7 nitrogen and oxygen atoms in total. The van der Waals surface area contributed by atoms with Crippen LogP contribution in [0.4, 0.5) is 4.79 Å². The first-order valence-corrected chi connectivity index (χ1v) is 6.13. The predicted molar refractivity (Wildman–Crippen MR) is 61.1 cm³/mol. The average Bonchev–Trinajstić information content (AvgIpc) is 2.73. The summed E-state index contributed by atoms with van der Waals surface area (Å²) in [4.78, 5) is 24.2. The molecular weight excluding hydrogens is 240 g/mol. The van der Waals surface area contributed by atoms with Crippen molar-refractivity contribution >= 4 is 12.0 Å². The van der Waals surface area contributed by atoms with E-state index in [0.717, 1.165) is 12.8 Å². The van der Waals surface area contributed by atoms with Crippen LogP contribution in [0, 0.1) is 0 Å². The molecule has 0 spiro atoms. The van der Waals surface area contributed by atoms with Gasteiger partial charge in [-0.1, -0.05) is 0 Å². The zero-order valence-corrected chi connectivity index (χ0v) is 10.0. The van der Waals surface area contributed by atoms with Crippen molar-refractivity contribution < 1.29 is 24.5 Å². The number of ether oxygens (including phenoxy) is 1. The molecule has 2 atom stereocenters. The number of nitrogens with zero attached hydrogens (tertiary/aromatic N) is 1. The Hall–Kier alpha value is -1.34. The van der Waals surface area contributed by atoms with E-state index in [2.05, 4.69) is 5.32 Å². The summed E-state index contributed by atoms with van der Waals surface area (Å²) in [7, 11) is 0. The fourth-order valence-electron chi connectivity index (χ4n) is 2.37. The number of carbonyl (C=O) groups is 2. The molecule has 0 aromatic heterocycles. The first-order chi connectivity index (χ1) is 8.58. The Labute approximate surface area is 105 Å². The molecule has 0 aliphatic carbocycles. The molecule has 18 heavy (non-hydrogen) atoms. The summed E-state index contributed by atoms with van der Waals surface area (Å²) in [6.07, 6.45) is 0.808. The Balaban J connectivity index is 1.92. The summed E-state index contributed by atoms with van der Waals surface area (Å²) >= 11 is 0. The third-order valence-electron chi connectivity index (χ3n) is 3.37. The summed E-state index contributed by atoms with van der Waals surface area (Å²) in [5.41, 5.74) is 0. The van der Waals surface area contributed by atoms with Crippen molar-refractivity contribution in [3.63, 3.8) is 0 Å². The summed E-state index contributed by atoms with van der Waals surface area (Å²) < 4.78 is 5.18. The quantitative estimate of drug-likeness (QED) is 0.614. The number of carboxylic acid groups (broad SMARTS) is 1. The second kappa shape index (κ2) is 5.53. The Morgan fingerprint density at radius 1 is 1.28 bits per heavy atom. The largest absolute Gasteiger partial charge is 0.480 e. The molecule has 0 aromatic carbocycles. The van der Waals surface area contributed by atoms with Gasteiger partial charge in [-0.15, -0.1) is 0 Å². The second-order valence-electron chi connectivity index (χ2n) is 4.73. The normalized spacial score (nSPS) is 29.3. The summed E-state index contributed by atoms with van der Waals surface area (Å²) in [6.45, 7) is 1.29. The average molecular weight is 258 g/mol. The number of β-amino-alcohol motifs (C(OH)–C–C–N with tert-alkyl or cyclic N) is 1. The van der Waals surface area contributed by atoms with Crippen LogP contribution in [-0.2, 0) is 9.53 Å². The molecule has 2 saturated heterocycles. The molecule has 0 aromatic rings. The first-order valence-electron chi connectivity index (χ1n) is 6.13. The lowest BCUT2D eigenvalue weighted by Crippen LogP contribution is -2.50. The number of aliphatic hydroxyl groups is 1. The smallest absolute Gasteiger partial charge is 0.326 e. The SMILES string of the molecule is O=C(O)C1CC(O)CN1C(=O)NC1CCOCC1. The maximum absolute atomic E-state index is 12.0. The molecule has 0 radical (unpaired) electrons. The number of amides is 2. The maximum Gasteiger partial charge on any atom is 0.326 e. The maximum atomic E-state index is 12.0. The number of hydrogen-bond donors (Lipinski definition) is 3. The highest BCUT2D eigenvalue weighted by atomic mass is 16.5. The van der Waals surface area contributed by atoms with Crippen molar-refractivity contribution in [3.05, 3.63) is 0 Å². The van der Waals surface area contributed by atoms with E-state index in [9.17, 15) is 14.7 Å². The van der Waals surface area contributed by atoms with Gasteiger partial charge in [-0.2, -0.15) is 0 Å². The second-order valence-corrected chi connectivity index (χ2v) is 4.73. The van der Waals surface area contributed by atoms with Crippen LogP contribution in [0.5, 0.6) is 0 Å². The fraction of sp³-hybridized carbons (Fsp3) is 0.818. The van der Waals surface area contributed by atoms with Crippen LogP contribution in [-0.4, -0.2) is 65.1 Å². The minimum Gasteiger partial charge on any atom is -0.480 e. The Kier molecular flexibility index (Phi) is 4.03. The van der Waals surface area contributed by atoms with Crippen molar-refractivity contribution in [2.24, 2.45) is 0 Å². The summed E-state index contributed by atoms with van der Waals surface area (Å²) in [5, 5.41) is 21.3. The lowest BCUT2D eigenvalue weighted by molar-refractivity contribution is -0.141. The Morgan fingerprint density at radius 3 is 2.56 bits per heavy atom. The van der Waals surface area contributed by atoms with Crippen LogP contribution in [0.15, 0.2) is 0 Å². The van der Waals surface area contributed by atoms with Gasteiger partial charge < -0.3 is 25.2 Å². The number of carboxylic acids is 1. The van der Waals surface area contributed by atoms with Gasteiger partial charge in [-0.05, 0) is 12.8 Å². The van der Waals surface area contributed by atoms with Crippen LogP contribution >= 0.6 is 0 Å². The van der Waals surface area contributed by atoms with Crippen LogP contribution < -0.4 is 5.32 Å². The van der Waals surface area contributed by atoms with Gasteiger partial charge in [0.25, 0.3) is 0 Å². The third kappa shape index (κ3) is 2.91. The molecule has 102 valence electrons. The van der Waals surface area contributed by atoms with E-state index in [4.69, 9.17) is 9.84 Å². The highest BCUT2D eigenvalue weighted by Gasteiger charge is 2.39. The monoisotopic (exact) mass is 258 g/mol. The van der Waals surface area contributed by atoms with Crippen molar-refractivity contribution in [1.82, 2.24) is 10.2 Å². The molecule has 0 saturated carbocycles. The van der Waals surface area contributed by atoms with E-state index >= 15 is 0 Å². The van der Waals surface area contributed by atoms with E-state index in [1.54, 1.807) is 0 Å². The number of aliphatic carboxylic acids is 1. The summed E-state index contributed by atoms with van der Waals surface area (Å²) in [5.74, 6) is -1.08. The standard InChI is InChI=1S/C11H18N2O5/c14-8-5-9(10(15)16)13(6-8)11(17)12-7-1-3-18-4-2-7/h7-9,14H,1-6H2,(H,12,17)(H,15,16). The van der Waals surface area contributed by atoms with Gasteiger partial charge >= 0.3 is 12.0 Å². The van der Waals surface area contributed by atoms with Gasteiger partial charge in [-0.3, -0.25) is 0 Å². The molecular formula is C11H18N2O5. The molecule has 2 aliphatic rings. The van der Waals surface area contributed by atoms with E-state index in [0.29, 0.717) is 13.2 Å². The van der Waals surface area contributed by atoms with E-state index < -0.39 is 24.1 Å². The van der Waals surface area contributed by atoms with Gasteiger partial charge in [0.2, 0.25) is 0 Å². The van der Waals surface area contributed by atoms with E-state index in [-0.39, 0.29) is 19.0 Å². The molecule has 2 fully saturated rings. The van der Waals surface area contributed by atoms with Crippen molar-refractivity contribution in [2.75, 3.05) is 19.8 Å². The minimum atomic E-state index is -1.08. The Bertz CT molecular complexity index is 329. The van der Waals surface area contributed by atoms with Gasteiger partial charge in [0.05, 0.1) is 6.10 Å². The van der Waals surface area contributed by atoms with Crippen molar-refractivity contribution in [2.45, 2.75) is 37.5 Å². The summed E-state index contributed by atoms with van der Waals surface area (Å²) in [6, 6.07) is -1.32. The van der Waals surface area contributed by atoms with Crippen LogP contribution in [0.25, 0.3) is 0 Å². The number of rotatable bonds is 2. The highest BCUT2D eigenvalue weighted by molar-refractivity contribution is 5.83. The predicted octanol–water partition coefficient (Wildman–Crippen LogP) is -0.605. The molecule has 3 N–H and O–H groups in total. The molecule has 2 heterocycles. The zero-order chi connectivity index (χ0) is 13.1. The van der Waals surface area contributed by atoms with Crippen LogP contribution in [0.3, 0.4) is 0 Å². The number of aliphatic hydroxyl groups excluding tert-OH is 1. The molecule has 2 aliphatic heterocycles. The minimum absolute atomic E-state index is 0.0263. The molecule has 0 bridgehead atoms. The van der Waals surface area contributed by atoms with Gasteiger partial charge in [0.1, 0.15) is 6.04 Å². The van der Waals surface area contributed by atoms with Crippen molar-refractivity contribution in [3.8, 4) is 0 Å². The number of carbonyl (C=O) groups excluding carboxylic acids is 1. The topological polar surface area (TPSA) is 99.1 Å². The van der Waals surface area contributed by atoms with Crippen LogP contribution in [0.1, 0.15) is 19.3 Å². The van der Waals surface area contributed by atoms with Gasteiger partial charge in [0, 0.05) is 32.2 Å². The Morgan fingerprint density at radius 2 is 1.94 bits per heavy atom. The zero-order valence-electron chi connectivity index (χ0n) is 10.0. The lowest BCUT2D eigenvalue weighted by Gasteiger charge is -2.27.